The van der Waals surface area contributed by atoms with Crippen molar-refractivity contribution >= 4 is 5.82 Å². The smallest absolute Gasteiger partial charge is 0.242 e. The molecule has 0 atom stereocenters. The molecule has 0 spiro atoms. The van der Waals surface area contributed by atoms with E-state index < -0.39 is 0 Å². The topological polar surface area (TPSA) is 72.8 Å². The van der Waals surface area contributed by atoms with Crippen LogP contribution in [0.15, 0.2) is 24.5 Å². The van der Waals surface area contributed by atoms with Crippen LogP contribution in [0.2, 0.25) is 0 Å². The van der Waals surface area contributed by atoms with Crippen LogP contribution < -0.4 is 10.1 Å². The molecule has 0 amide bonds. The number of hydrogen-bond donors (Lipinski definition) is 1. The highest BCUT2D eigenvalue weighted by Crippen LogP contribution is 2.22. The summed E-state index contributed by atoms with van der Waals surface area (Å²) in [5, 5.41) is 11.2. The van der Waals surface area contributed by atoms with E-state index in [4.69, 9.17) is 4.74 Å². The molecular weight excluding hydrogens is 218 g/mol. The van der Waals surface area contributed by atoms with Crippen LogP contribution in [0.3, 0.4) is 0 Å². The van der Waals surface area contributed by atoms with E-state index in [2.05, 4.69) is 25.5 Å². The number of nitrogens with zero attached hydrogens (tertiary/aromatic N) is 4. The molecule has 0 saturated carbocycles. The Labute approximate surface area is 99.1 Å². The molecule has 0 bridgehead atoms. The van der Waals surface area contributed by atoms with Crippen molar-refractivity contribution < 1.29 is 4.74 Å². The third-order valence-electron chi connectivity index (χ3n) is 2.12. The minimum atomic E-state index is 0.443. The zero-order valence-electron chi connectivity index (χ0n) is 9.71. The summed E-state index contributed by atoms with van der Waals surface area (Å²) in [5.41, 5.74) is 1.22. The first-order valence-electron chi connectivity index (χ1n) is 5.28. The molecule has 2 heterocycles. The van der Waals surface area contributed by atoms with Gasteiger partial charge in [0.2, 0.25) is 5.88 Å². The predicted molar refractivity (Wildman–Crippen MR) is 63.8 cm³/mol. The minimum absolute atomic E-state index is 0.443. The van der Waals surface area contributed by atoms with Gasteiger partial charge in [-0.15, -0.1) is 10.2 Å². The van der Waals surface area contributed by atoms with Gasteiger partial charge in [0.05, 0.1) is 7.11 Å². The average Bonchev–Trinajstić information content (AvgIpc) is 2.40. The molecule has 6 heteroatoms. The summed E-state index contributed by atoms with van der Waals surface area (Å²) < 4.78 is 5.12. The Bertz CT molecular complexity index is 485. The van der Waals surface area contributed by atoms with Crippen LogP contribution in [0.4, 0.5) is 5.82 Å². The van der Waals surface area contributed by atoms with Gasteiger partial charge in [0.15, 0.2) is 5.69 Å². The summed E-state index contributed by atoms with van der Waals surface area (Å²) in [7, 11) is 1.55. The van der Waals surface area contributed by atoms with Gasteiger partial charge in [-0.25, -0.2) is 9.97 Å². The van der Waals surface area contributed by atoms with Gasteiger partial charge >= 0.3 is 0 Å². The maximum absolute atomic E-state index is 5.12. The van der Waals surface area contributed by atoms with Crippen LogP contribution >= 0.6 is 0 Å². The van der Waals surface area contributed by atoms with E-state index in [1.807, 2.05) is 19.1 Å². The molecule has 0 unspecified atom stereocenters. The molecule has 0 aliphatic heterocycles. The summed E-state index contributed by atoms with van der Waals surface area (Å²) in [6, 6.07) is 3.68. The van der Waals surface area contributed by atoms with Crippen LogP contribution in [0.1, 0.15) is 6.92 Å². The molecule has 88 valence electrons. The Morgan fingerprint density at radius 1 is 1.18 bits per heavy atom. The molecule has 0 fully saturated rings. The van der Waals surface area contributed by atoms with Crippen molar-refractivity contribution in [3.63, 3.8) is 0 Å². The summed E-state index contributed by atoms with van der Waals surface area (Å²) in [4.78, 5) is 8.25. The number of methoxy groups -OCH3 is 1. The third kappa shape index (κ3) is 2.47. The Kier molecular flexibility index (Phi) is 3.44. The monoisotopic (exact) mass is 231 g/mol. The maximum Gasteiger partial charge on any atom is 0.242 e. The van der Waals surface area contributed by atoms with E-state index in [1.54, 1.807) is 19.5 Å². The SMILES string of the molecule is CCNc1ccc(-c2nccnc2OC)nn1. The molecule has 0 saturated heterocycles. The lowest BCUT2D eigenvalue weighted by Crippen LogP contribution is -2.02. The van der Waals surface area contributed by atoms with Crippen LogP contribution in [0, 0.1) is 0 Å². The Morgan fingerprint density at radius 2 is 2.00 bits per heavy atom. The summed E-state index contributed by atoms with van der Waals surface area (Å²) >= 11 is 0. The van der Waals surface area contributed by atoms with Crippen molar-refractivity contribution in [1.82, 2.24) is 20.2 Å². The molecule has 2 aromatic heterocycles. The van der Waals surface area contributed by atoms with Crippen LogP contribution in [-0.4, -0.2) is 33.8 Å². The molecule has 0 aliphatic rings. The zero-order valence-corrected chi connectivity index (χ0v) is 9.71. The summed E-state index contributed by atoms with van der Waals surface area (Å²) in [5.74, 6) is 1.18. The lowest BCUT2D eigenvalue weighted by atomic mass is 10.3. The lowest BCUT2D eigenvalue weighted by Gasteiger charge is -2.05. The van der Waals surface area contributed by atoms with Crippen molar-refractivity contribution in [3.8, 4) is 17.3 Å². The number of hydrogen-bond acceptors (Lipinski definition) is 6. The second-order valence-electron chi connectivity index (χ2n) is 3.25. The quantitative estimate of drug-likeness (QED) is 0.856. The largest absolute Gasteiger partial charge is 0.479 e. The molecule has 2 aromatic rings. The van der Waals surface area contributed by atoms with Gasteiger partial charge in [0.25, 0.3) is 0 Å². The second-order valence-corrected chi connectivity index (χ2v) is 3.25. The molecule has 0 aliphatic carbocycles. The highest BCUT2D eigenvalue weighted by Gasteiger charge is 2.09. The van der Waals surface area contributed by atoms with Gasteiger partial charge in [0.1, 0.15) is 11.5 Å². The first-order chi connectivity index (χ1) is 8.35. The average molecular weight is 231 g/mol. The molecule has 17 heavy (non-hydrogen) atoms. The fraction of sp³-hybridized carbons (Fsp3) is 0.273. The Morgan fingerprint density at radius 3 is 2.65 bits per heavy atom. The lowest BCUT2D eigenvalue weighted by molar-refractivity contribution is 0.397. The predicted octanol–water partition coefficient (Wildman–Crippen LogP) is 1.37. The van der Waals surface area contributed by atoms with Crippen LogP contribution in [0.25, 0.3) is 11.4 Å². The van der Waals surface area contributed by atoms with Gasteiger partial charge in [-0.3, -0.25) is 0 Å². The van der Waals surface area contributed by atoms with Crippen molar-refractivity contribution in [3.05, 3.63) is 24.5 Å². The van der Waals surface area contributed by atoms with E-state index in [9.17, 15) is 0 Å². The summed E-state index contributed by atoms with van der Waals surface area (Å²) in [6.07, 6.45) is 3.17. The molecule has 2 rings (SSSR count). The second kappa shape index (κ2) is 5.20. The fourth-order valence-corrected chi connectivity index (χ4v) is 1.38. The van der Waals surface area contributed by atoms with Gasteiger partial charge in [-0.05, 0) is 19.1 Å². The van der Waals surface area contributed by atoms with Crippen LogP contribution in [0.5, 0.6) is 5.88 Å². The number of ether oxygens (including phenoxy) is 1. The van der Waals surface area contributed by atoms with Crippen molar-refractivity contribution in [1.29, 1.82) is 0 Å². The van der Waals surface area contributed by atoms with E-state index in [1.165, 1.54) is 0 Å². The first kappa shape index (κ1) is 11.3. The maximum atomic E-state index is 5.12. The highest BCUT2D eigenvalue weighted by molar-refractivity contribution is 5.60. The van der Waals surface area contributed by atoms with Gasteiger partial charge in [-0.1, -0.05) is 0 Å². The zero-order chi connectivity index (χ0) is 12.1. The van der Waals surface area contributed by atoms with E-state index >= 15 is 0 Å². The standard InChI is InChI=1S/C11H13N5O/c1-3-12-9-5-4-8(15-16-9)10-11(17-2)14-7-6-13-10/h4-7H,3H2,1-2H3,(H,12,16). The van der Waals surface area contributed by atoms with Crippen molar-refractivity contribution in [2.45, 2.75) is 6.92 Å². The van der Waals surface area contributed by atoms with Crippen molar-refractivity contribution in [2.24, 2.45) is 0 Å². The van der Waals surface area contributed by atoms with Gasteiger partial charge in [-0.2, -0.15) is 0 Å². The molecule has 1 N–H and O–H groups in total. The van der Waals surface area contributed by atoms with Crippen molar-refractivity contribution in [2.75, 3.05) is 19.0 Å². The Hall–Kier alpha value is -2.24. The van der Waals surface area contributed by atoms with E-state index in [0.29, 0.717) is 17.3 Å². The number of nitrogens with one attached hydrogen (secondary N) is 1. The molecule has 0 aromatic carbocycles. The molecular formula is C11H13N5O. The minimum Gasteiger partial charge on any atom is -0.479 e. The number of aromatic nitrogens is 4. The van der Waals surface area contributed by atoms with E-state index in [-0.39, 0.29) is 0 Å². The van der Waals surface area contributed by atoms with Gasteiger partial charge < -0.3 is 10.1 Å². The van der Waals surface area contributed by atoms with E-state index in [0.717, 1.165) is 12.4 Å². The highest BCUT2D eigenvalue weighted by atomic mass is 16.5. The Balaban J connectivity index is 2.33. The number of rotatable bonds is 4. The van der Waals surface area contributed by atoms with Gasteiger partial charge in [0, 0.05) is 18.9 Å². The molecule has 0 radical (unpaired) electrons. The van der Waals surface area contributed by atoms with Crippen LogP contribution in [-0.2, 0) is 0 Å². The fourth-order valence-electron chi connectivity index (χ4n) is 1.38. The third-order valence-corrected chi connectivity index (χ3v) is 2.12. The summed E-state index contributed by atoms with van der Waals surface area (Å²) in [6.45, 7) is 2.81. The number of anilines is 1. The normalized spacial score (nSPS) is 10.0. The molecule has 6 nitrogen and oxygen atoms in total. The first-order valence-corrected chi connectivity index (χ1v) is 5.28.